The second kappa shape index (κ2) is 6.26. The van der Waals surface area contributed by atoms with Crippen molar-refractivity contribution in [2.75, 3.05) is 11.4 Å². The van der Waals surface area contributed by atoms with Gasteiger partial charge in [-0.2, -0.15) is 0 Å². The van der Waals surface area contributed by atoms with Crippen molar-refractivity contribution >= 4 is 21.6 Å². The molecular weight excluding hydrogens is 266 g/mol. The second-order valence-electron chi connectivity index (χ2n) is 4.22. The lowest BCUT2D eigenvalue weighted by molar-refractivity contribution is 0.281. The van der Waals surface area contributed by atoms with Crippen molar-refractivity contribution < 1.29 is 5.11 Å². The molecule has 3 heteroatoms. The Morgan fingerprint density at radius 1 is 1.38 bits per heavy atom. The largest absolute Gasteiger partial charge is 0.392 e. The van der Waals surface area contributed by atoms with Crippen molar-refractivity contribution in [2.24, 2.45) is 0 Å². The van der Waals surface area contributed by atoms with Crippen molar-refractivity contribution in [1.29, 1.82) is 0 Å². The van der Waals surface area contributed by atoms with Gasteiger partial charge in [-0.3, -0.25) is 0 Å². The van der Waals surface area contributed by atoms with Crippen LogP contribution in [-0.2, 0) is 6.61 Å². The van der Waals surface area contributed by atoms with Crippen LogP contribution in [0.4, 0.5) is 5.69 Å². The fourth-order valence-corrected chi connectivity index (χ4v) is 2.26. The lowest BCUT2D eigenvalue weighted by atomic mass is 10.1. The Balaban J connectivity index is 2.97. The van der Waals surface area contributed by atoms with Crippen molar-refractivity contribution in [1.82, 2.24) is 0 Å². The van der Waals surface area contributed by atoms with Crippen LogP contribution >= 0.6 is 15.9 Å². The van der Waals surface area contributed by atoms with Gasteiger partial charge in [0.25, 0.3) is 0 Å². The van der Waals surface area contributed by atoms with E-state index in [0.717, 1.165) is 23.0 Å². The Hall–Kier alpha value is -0.540. The minimum Gasteiger partial charge on any atom is -0.392 e. The summed E-state index contributed by atoms with van der Waals surface area (Å²) >= 11 is 3.49. The first-order valence-corrected chi connectivity index (χ1v) is 6.55. The molecule has 0 aliphatic carbocycles. The van der Waals surface area contributed by atoms with E-state index >= 15 is 0 Å². The molecule has 1 N–H and O–H groups in total. The molecule has 0 aliphatic rings. The highest BCUT2D eigenvalue weighted by Gasteiger charge is 2.10. The van der Waals surface area contributed by atoms with E-state index in [0.29, 0.717) is 6.04 Å². The molecule has 0 saturated carbocycles. The van der Waals surface area contributed by atoms with Crippen molar-refractivity contribution in [3.8, 4) is 0 Å². The molecule has 0 radical (unpaired) electrons. The van der Waals surface area contributed by atoms with Crippen LogP contribution in [0.25, 0.3) is 0 Å². The van der Waals surface area contributed by atoms with E-state index in [2.05, 4.69) is 53.7 Å². The van der Waals surface area contributed by atoms with E-state index in [1.54, 1.807) is 0 Å². The monoisotopic (exact) mass is 285 g/mol. The van der Waals surface area contributed by atoms with Gasteiger partial charge < -0.3 is 10.0 Å². The number of aliphatic hydroxyl groups excluding tert-OH is 1. The van der Waals surface area contributed by atoms with Gasteiger partial charge in [0, 0.05) is 22.7 Å². The maximum absolute atomic E-state index is 9.12. The molecule has 90 valence electrons. The zero-order chi connectivity index (χ0) is 12.1. The SMILES string of the molecule is CCCN(c1ccc(CO)c(Br)c1)C(C)C. The summed E-state index contributed by atoms with van der Waals surface area (Å²) in [5.74, 6) is 0. The van der Waals surface area contributed by atoms with Gasteiger partial charge in [0.2, 0.25) is 0 Å². The number of rotatable bonds is 5. The average Bonchev–Trinajstić information content (AvgIpc) is 2.25. The van der Waals surface area contributed by atoms with Crippen LogP contribution in [0.1, 0.15) is 32.8 Å². The Labute approximate surface area is 106 Å². The van der Waals surface area contributed by atoms with Crippen LogP contribution in [-0.4, -0.2) is 17.7 Å². The van der Waals surface area contributed by atoms with Gasteiger partial charge in [0.1, 0.15) is 0 Å². The van der Waals surface area contributed by atoms with Crippen molar-refractivity contribution in [2.45, 2.75) is 39.8 Å². The van der Waals surface area contributed by atoms with Gasteiger partial charge in [-0.05, 0) is 38.0 Å². The quantitative estimate of drug-likeness (QED) is 0.894. The van der Waals surface area contributed by atoms with Gasteiger partial charge in [-0.1, -0.05) is 28.9 Å². The topological polar surface area (TPSA) is 23.5 Å². The van der Waals surface area contributed by atoms with E-state index < -0.39 is 0 Å². The molecule has 16 heavy (non-hydrogen) atoms. The van der Waals surface area contributed by atoms with E-state index in [1.807, 2.05) is 6.07 Å². The van der Waals surface area contributed by atoms with Gasteiger partial charge in [0.05, 0.1) is 6.61 Å². The summed E-state index contributed by atoms with van der Waals surface area (Å²) in [6.07, 6.45) is 1.14. The van der Waals surface area contributed by atoms with Crippen LogP contribution < -0.4 is 4.90 Å². The van der Waals surface area contributed by atoms with Gasteiger partial charge >= 0.3 is 0 Å². The van der Waals surface area contributed by atoms with Crippen molar-refractivity contribution in [3.63, 3.8) is 0 Å². The number of halogens is 1. The standard InChI is InChI=1S/C13H20BrNO/c1-4-7-15(10(2)3)12-6-5-11(9-16)13(14)8-12/h5-6,8,10,16H,4,7,9H2,1-3H3. The zero-order valence-electron chi connectivity index (χ0n) is 10.2. The molecule has 0 aliphatic heterocycles. The summed E-state index contributed by atoms with van der Waals surface area (Å²) < 4.78 is 0.981. The lowest BCUT2D eigenvalue weighted by Crippen LogP contribution is -2.31. The summed E-state index contributed by atoms with van der Waals surface area (Å²) in [7, 11) is 0. The highest BCUT2D eigenvalue weighted by Crippen LogP contribution is 2.25. The predicted octanol–water partition coefficient (Wildman–Crippen LogP) is 3.57. The molecule has 1 aromatic rings. The van der Waals surface area contributed by atoms with E-state index in [1.165, 1.54) is 5.69 Å². The van der Waals surface area contributed by atoms with Crippen LogP contribution in [0.3, 0.4) is 0 Å². The molecular formula is C13H20BrNO. The second-order valence-corrected chi connectivity index (χ2v) is 5.08. The van der Waals surface area contributed by atoms with Gasteiger partial charge in [0.15, 0.2) is 0 Å². The molecule has 0 saturated heterocycles. The van der Waals surface area contributed by atoms with Crippen LogP contribution in [0.5, 0.6) is 0 Å². The molecule has 0 unspecified atom stereocenters. The van der Waals surface area contributed by atoms with Crippen molar-refractivity contribution in [3.05, 3.63) is 28.2 Å². The minimum absolute atomic E-state index is 0.0797. The van der Waals surface area contributed by atoms with Gasteiger partial charge in [-0.25, -0.2) is 0 Å². The number of hydrogen-bond acceptors (Lipinski definition) is 2. The third-order valence-electron chi connectivity index (χ3n) is 2.63. The fourth-order valence-electron chi connectivity index (χ4n) is 1.77. The number of nitrogens with zero attached hydrogens (tertiary/aromatic N) is 1. The molecule has 0 fully saturated rings. The third kappa shape index (κ3) is 3.22. The molecule has 0 heterocycles. The van der Waals surface area contributed by atoms with Crippen LogP contribution in [0, 0.1) is 0 Å². The smallest absolute Gasteiger partial charge is 0.0692 e. The highest BCUT2D eigenvalue weighted by molar-refractivity contribution is 9.10. The molecule has 2 nitrogen and oxygen atoms in total. The lowest BCUT2D eigenvalue weighted by Gasteiger charge is -2.29. The maximum atomic E-state index is 9.12. The summed E-state index contributed by atoms with van der Waals surface area (Å²) in [6.45, 7) is 7.72. The van der Waals surface area contributed by atoms with Crippen LogP contribution in [0.2, 0.25) is 0 Å². The average molecular weight is 286 g/mol. The highest BCUT2D eigenvalue weighted by atomic mass is 79.9. The molecule has 1 aromatic carbocycles. The fraction of sp³-hybridized carbons (Fsp3) is 0.538. The Kier molecular flexibility index (Phi) is 5.29. The number of hydrogen-bond donors (Lipinski definition) is 1. The third-order valence-corrected chi connectivity index (χ3v) is 3.36. The number of benzene rings is 1. The van der Waals surface area contributed by atoms with Gasteiger partial charge in [-0.15, -0.1) is 0 Å². The Morgan fingerprint density at radius 3 is 2.50 bits per heavy atom. The molecule has 1 rings (SSSR count). The maximum Gasteiger partial charge on any atom is 0.0692 e. The first-order valence-electron chi connectivity index (χ1n) is 5.76. The first-order chi connectivity index (χ1) is 7.60. The summed E-state index contributed by atoms with van der Waals surface area (Å²) in [6, 6.07) is 6.63. The van der Waals surface area contributed by atoms with Crippen LogP contribution in [0.15, 0.2) is 22.7 Å². The zero-order valence-corrected chi connectivity index (χ0v) is 11.8. The molecule has 0 amide bonds. The summed E-state index contributed by atoms with van der Waals surface area (Å²) in [5.41, 5.74) is 2.14. The molecule has 0 atom stereocenters. The Morgan fingerprint density at radius 2 is 2.06 bits per heavy atom. The van der Waals surface area contributed by atoms with E-state index in [4.69, 9.17) is 5.11 Å². The normalized spacial score (nSPS) is 10.9. The minimum atomic E-state index is 0.0797. The molecule has 0 spiro atoms. The van der Waals surface area contributed by atoms with E-state index in [-0.39, 0.29) is 6.61 Å². The Bertz CT molecular complexity index is 339. The predicted molar refractivity (Wildman–Crippen MR) is 72.8 cm³/mol. The molecule has 0 aromatic heterocycles. The number of anilines is 1. The summed E-state index contributed by atoms with van der Waals surface area (Å²) in [4.78, 5) is 2.37. The number of aliphatic hydroxyl groups is 1. The molecule has 0 bridgehead atoms. The van der Waals surface area contributed by atoms with E-state index in [9.17, 15) is 0 Å². The first kappa shape index (κ1) is 13.5. The summed E-state index contributed by atoms with van der Waals surface area (Å²) in [5, 5.41) is 9.12.